The first-order valence-electron chi connectivity index (χ1n) is 12.8. The number of amides is 2. The molecule has 5 rings (SSSR count). The quantitative estimate of drug-likeness (QED) is 0.394. The minimum atomic E-state index is -0.0910. The molecule has 2 aromatic carbocycles. The molecule has 7 nitrogen and oxygen atoms in total. The molecular formula is C30H31N5O2. The fraction of sp³-hybridized carbons (Fsp3) is 0.267. The molecule has 0 spiro atoms. The van der Waals surface area contributed by atoms with Crippen LogP contribution in [-0.4, -0.2) is 44.6 Å². The Morgan fingerprint density at radius 2 is 1.57 bits per heavy atom. The minimum absolute atomic E-state index is 0.0320. The van der Waals surface area contributed by atoms with E-state index >= 15 is 0 Å². The zero-order valence-corrected chi connectivity index (χ0v) is 20.8. The number of nitrogens with one attached hydrogen (secondary N) is 1. The lowest BCUT2D eigenvalue weighted by Gasteiger charge is -2.31. The molecule has 7 heteroatoms. The van der Waals surface area contributed by atoms with Crippen LogP contribution >= 0.6 is 0 Å². The van der Waals surface area contributed by atoms with Gasteiger partial charge in [0, 0.05) is 61.7 Å². The molecule has 1 saturated heterocycles. The van der Waals surface area contributed by atoms with Gasteiger partial charge in [0.05, 0.1) is 11.4 Å². The van der Waals surface area contributed by atoms with Gasteiger partial charge in [0.1, 0.15) is 0 Å². The van der Waals surface area contributed by atoms with Gasteiger partial charge in [-0.15, -0.1) is 0 Å². The van der Waals surface area contributed by atoms with E-state index in [0.29, 0.717) is 38.9 Å². The van der Waals surface area contributed by atoms with Gasteiger partial charge in [0.25, 0.3) is 0 Å². The van der Waals surface area contributed by atoms with E-state index in [1.165, 1.54) is 5.56 Å². The second-order valence-corrected chi connectivity index (χ2v) is 9.38. The van der Waals surface area contributed by atoms with E-state index in [1.54, 1.807) is 12.4 Å². The van der Waals surface area contributed by atoms with E-state index in [1.807, 2.05) is 88.6 Å². The summed E-state index contributed by atoms with van der Waals surface area (Å²) in [5.41, 5.74) is 4.85. The molecule has 2 amide bonds. The van der Waals surface area contributed by atoms with Crippen LogP contribution in [0.4, 0.5) is 0 Å². The lowest BCUT2D eigenvalue weighted by molar-refractivity contribution is -0.135. The maximum atomic E-state index is 13.0. The summed E-state index contributed by atoms with van der Waals surface area (Å²) < 4.78 is 1.84. The second kappa shape index (κ2) is 11.6. The van der Waals surface area contributed by atoms with Gasteiger partial charge in [0.2, 0.25) is 11.8 Å². The number of hydrogen-bond acceptors (Lipinski definition) is 4. The van der Waals surface area contributed by atoms with Crippen LogP contribution in [-0.2, 0) is 22.6 Å². The lowest BCUT2D eigenvalue weighted by atomic mass is 9.95. The van der Waals surface area contributed by atoms with Crippen molar-refractivity contribution in [3.8, 4) is 16.9 Å². The van der Waals surface area contributed by atoms with Crippen molar-refractivity contribution in [3.63, 3.8) is 0 Å². The van der Waals surface area contributed by atoms with Gasteiger partial charge in [-0.2, -0.15) is 5.10 Å². The minimum Gasteiger partial charge on any atom is -0.352 e. The fourth-order valence-corrected chi connectivity index (χ4v) is 4.78. The Hall–Kier alpha value is -4.26. The Bertz CT molecular complexity index is 1310. The number of nitrogens with zero attached hydrogens (tertiary/aromatic N) is 4. The Morgan fingerprint density at radius 1 is 0.892 bits per heavy atom. The summed E-state index contributed by atoms with van der Waals surface area (Å²) in [7, 11) is 0. The fourth-order valence-electron chi connectivity index (χ4n) is 4.78. The molecule has 3 heterocycles. The van der Waals surface area contributed by atoms with Crippen molar-refractivity contribution in [2.24, 2.45) is 5.92 Å². The number of benzene rings is 2. The summed E-state index contributed by atoms with van der Waals surface area (Å²) >= 11 is 0. The number of likely N-dealkylation sites (tertiary alicyclic amines) is 1. The van der Waals surface area contributed by atoms with Gasteiger partial charge < -0.3 is 10.2 Å². The van der Waals surface area contributed by atoms with Gasteiger partial charge in [-0.1, -0.05) is 48.5 Å². The molecule has 4 aromatic rings. The standard InChI is InChI=1S/C30H31N5O2/c36-28(12-11-23-7-3-1-4-8-23)34-19-15-25(16-20-34)30(37)32-21-26-22-35(27-9-5-2-6-10-27)33-29(26)24-13-17-31-18-14-24/h1-10,13-14,17-18,22,25H,11-12,15-16,19-21H2,(H,32,37). The third-order valence-corrected chi connectivity index (χ3v) is 6.91. The monoisotopic (exact) mass is 493 g/mol. The predicted molar refractivity (Wildman–Crippen MR) is 143 cm³/mol. The van der Waals surface area contributed by atoms with E-state index in [0.717, 1.165) is 28.9 Å². The van der Waals surface area contributed by atoms with Gasteiger partial charge in [-0.05, 0) is 49.1 Å². The maximum absolute atomic E-state index is 13.0. The Kier molecular flexibility index (Phi) is 7.69. The van der Waals surface area contributed by atoms with Gasteiger partial charge in [-0.25, -0.2) is 4.68 Å². The summed E-state index contributed by atoms with van der Waals surface area (Å²) in [6.45, 7) is 1.64. The Morgan fingerprint density at radius 3 is 2.27 bits per heavy atom. The van der Waals surface area contributed by atoms with Crippen LogP contribution in [0.25, 0.3) is 16.9 Å². The van der Waals surface area contributed by atoms with Crippen LogP contribution in [0.3, 0.4) is 0 Å². The molecule has 0 aliphatic carbocycles. The highest BCUT2D eigenvalue weighted by atomic mass is 16.2. The van der Waals surface area contributed by atoms with Crippen molar-refractivity contribution in [1.29, 1.82) is 0 Å². The Labute approximate surface area is 217 Å². The average Bonchev–Trinajstić information content (AvgIpc) is 3.40. The summed E-state index contributed by atoms with van der Waals surface area (Å²) in [6, 6.07) is 23.8. The topological polar surface area (TPSA) is 80.1 Å². The van der Waals surface area contributed by atoms with E-state index < -0.39 is 0 Å². The summed E-state index contributed by atoms with van der Waals surface area (Å²) in [5.74, 6) is 0.106. The number of carbonyl (C=O) groups excluding carboxylic acids is 2. The van der Waals surface area contributed by atoms with Crippen LogP contribution in [0, 0.1) is 5.92 Å². The maximum Gasteiger partial charge on any atom is 0.223 e. The van der Waals surface area contributed by atoms with Crippen molar-refractivity contribution < 1.29 is 9.59 Å². The third kappa shape index (κ3) is 6.12. The number of carbonyl (C=O) groups is 2. The number of aryl methyl sites for hydroxylation is 1. The molecule has 1 aliphatic rings. The molecule has 2 aromatic heterocycles. The normalized spacial score (nSPS) is 13.9. The number of aromatic nitrogens is 3. The van der Waals surface area contributed by atoms with Crippen molar-refractivity contribution in [2.75, 3.05) is 13.1 Å². The van der Waals surface area contributed by atoms with Crippen molar-refractivity contribution in [1.82, 2.24) is 25.0 Å². The summed E-state index contributed by atoms with van der Waals surface area (Å²) in [6.07, 6.45) is 8.08. The second-order valence-electron chi connectivity index (χ2n) is 9.38. The Balaban J connectivity index is 1.17. The molecule has 0 radical (unpaired) electrons. The molecule has 1 fully saturated rings. The zero-order chi connectivity index (χ0) is 25.5. The average molecular weight is 494 g/mol. The van der Waals surface area contributed by atoms with E-state index in [-0.39, 0.29) is 17.7 Å². The first kappa shape index (κ1) is 24.4. The number of piperidine rings is 1. The van der Waals surface area contributed by atoms with Crippen LogP contribution in [0.1, 0.15) is 30.4 Å². The van der Waals surface area contributed by atoms with Crippen molar-refractivity contribution >= 4 is 11.8 Å². The van der Waals surface area contributed by atoms with E-state index in [9.17, 15) is 9.59 Å². The van der Waals surface area contributed by atoms with E-state index in [4.69, 9.17) is 5.10 Å². The van der Waals surface area contributed by atoms with Crippen LogP contribution < -0.4 is 5.32 Å². The highest BCUT2D eigenvalue weighted by Crippen LogP contribution is 2.24. The predicted octanol–water partition coefficient (Wildman–Crippen LogP) is 4.42. The number of hydrogen-bond donors (Lipinski definition) is 1. The van der Waals surface area contributed by atoms with Gasteiger partial charge >= 0.3 is 0 Å². The molecule has 0 atom stereocenters. The highest BCUT2D eigenvalue weighted by molar-refractivity contribution is 5.80. The lowest BCUT2D eigenvalue weighted by Crippen LogP contribution is -2.43. The van der Waals surface area contributed by atoms with Crippen LogP contribution in [0.5, 0.6) is 0 Å². The number of pyridine rings is 1. The number of para-hydroxylation sites is 1. The summed E-state index contributed by atoms with van der Waals surface area (Å²) in [4.78, 5) is 31.7. The van der Waals surface area contributed by atoms with Crippen molar-refractivity contribution in [3.05, 3.63) is 103 Å². The van der Waals surface area contributed by atoms with Crippen LogP contribution in [0.2, 0.25) is 0 Å². The molecule has 0 bridgehead atoms. The largest absolute Gasteiger partial charge is 0.352 e. The summed E-state index contributed by atoms with van der Waals surface area (Å²) in [5, 5.41) is 7.93. The molecule has 1 aliphatic heterocycles. The third-order valence-electron chi connectivity index (χ3n) is 6.91. The molecule has 1 N–H and O–H groups in total. The first-order valence-corrected chi connectivity index (χ1v) is 12.8. The molecule has 0 saturated carbocycles. The molecular weight excluding hydrogens is 462 g/mol. The first-order chi connectivity index (χ1) is 18.2. The van der Waals surface area contributed by atoms with Crippen molar-refractivity contribution in [2.45, 2.75) is 32.2 Å². The molecule has 37 heavy (non-hydrogen) atoms. The smallest absolute Gasteiger partial charge is 0.223 e. The van der Waals surface area contributed by atoms with Crippen LogP contribution in [0.15, 0.2) is 91.4 Å². The number of rotatable bonds is 8. The highest BCUT2D eigenvalue weighted by Gasteiger charge is 2.27. The molecule has 188 valence electrons. The van der Waals surface area contributed by atoms with Gasteiger partial charge in [0.15, 0.2) is 0 Å². The van der Waals surface area contributed by atoms with Gasteiger partial charge in [-0.3, -0.25) is 14.6 Å². The van der Waals surface area contributed by atoms with E-state index in [2.05, 4.69) is 10.3 Å². The molecule has 0 unspecified atom stereocenters. The zero-order valence-electron chi connectivity index (χ0n) is 20.8. The SMILES string of the molecule is O=C(NCc1cn(-c2ccccc2)nc1-c1ccncc1)C1CCN(C(=O)CCc2ccccc2)CC1.